The summed E-state index contributed by atoms with van der Waals surface area (Å²) >= 11 is 0. The maximum absolute atomic E-state index is 12.3. The van der Waals surface area contributed by atoms with Crippen LogP contribution < -0.4 is 10.2 Å². The lowest BCUT2D eigenvalue weighted by atomic mass is 9.89. The van der Waals surface area contributed by atoms with Gasteiger partial charge in [0.15, 0.2) is 0 Å². The van der Waals surface area contributed by atoms with Crippen molar-refractivity contribution in [3.05, 3.63) is 0 Å². The molecule has 5 unspecified atom stereocenters. The number of rotatable bonds is 15. The number of ketones is 2. The number of aliphatic hydroxyl groups is 3. The van der Waals surface area contributed by atoms with Gasteiger partial charge >= 0.3 is 0 Å². The monoisotopic (exact) mass is 448 g/mol. The van der Waals surface area contributed by atoms with Gasteiger partial charge in [0, 0.05) is 12.8 Å². The summed E-state index contributed by atoms with van der Waals surface area (Å²) in [4.78, 5) is 47.2. The van der Waals surface area contributed by atoms with Gasteiger partial charge in [0.05, 0.1) is 72.2 Å². The molecule has 0 saturated heterocycles. The molecule has 0 bridgehead atoms. The van der Waals surface area contributed by atoms with Crippen LogP contribution in [0.15, 0.2) is 0 Å². The van der Waals surface area contributed by atoms with Crippen molar-refractivity contribution in [2.24, 2.45) is 11.8 Å². The molecule has 0 spiro atoms. The van der Waals surface area contributed by atoms with E-state index in [9.17, 15) is 44.7 Å². The van der Waals surface area contributed by atoms with Crippen molar-refractivity contribution < 1.29 is 53.7 Å². The van der Waals surface area contributed by atoms with Gasteiger partial charge in [-0.15, -0.1) is 0 Å². The normalized spacial score (nSPS) is 17.3. The van der Waals surface area contributed by atoms with Crippen LogP contribution in [0.25, 0.3) is 0 Å². The molecule has 0 aliphatic carbocycles. The number of hydrogen-bond acceptors (Lipinski definition) is 9. The molecule has 0 radical (unpaired) electrons. The van der Waals surface area contributed by atoms with Crippen LogP contribution in [0.3, 0.4) is 0 Å². The molecule has 0 heterocycles. The van der Waals surface area contributed by atoms with Crippen molar-refractivity contribution in [1.82, 2.24) is 0 Å². The van der Waals surface area contributed by atoms with Crippen LogP contribution in [-0.4, -0.2) is 121 Å². The lowest BCUT2D eigenvalue weighted by molar-refractivity contribution is -0.873. The van der Waals surface area contributed by atoms with E-state index in [0.717, 1.165) is 0 Å². The molecule has 0 aliphatic rings. The van der Waals surface area contributed by atoms with Crippen LogP contribution in [-0.2, 0) is 19.2 Å². The number of carbonyl (C=O) groups is 4. The second-order valence-electron chi connectivity index (χ2n) is 10.0. The molecule has 31 heavy (non-hydrogen) atoms. The SMILES string of the molecule is C[N+](C)(C)CC(O)C(C(=O)[O-])C(=O)CCC(O)CC(=O)C(C(=O)[O-])C(O)C[N+](C)(C)C. The molecular weight excluding hydrogens is 412 g/mol. The maximum Gasteiger partial charge on any atom is 0.146 e. The molecule has 11 nitrogen and oxygen atoms in total. The quantitative estimate of drug-likeness (QED) is 0.165. The zero-order valence-corrected chi connectivity index (χ0v) is 19.1. The van der Waals surface area contributed by atoms with E-state index in [1.807, 2.05) is 0 Å². The fourth-order valence-corrected chi connectivity index (χ4v) is 3.27. The topological polar surface area (TPSA) is 175 Å². The molecule has 0 amide bonds. The van der Waals surface area contributed by atoms with E-state index in [1.165, 1.54) is 0 Å². The van der Waals surface area contributed by atoms with Gasteiger partial charge in [-0.3, -0.25) is 9.59 Å². The van der Waals surface area contributed by atoms with Crippen molar-refractivity contribution in [2.75, 3.05) is 55.4 Å². The molecule has 11 heteroatoms. The molecule has 3 N–H and O–H groups in total. The van der Waals surface area contributed by atoms with Gasteiger partial charge in [-0.2, -0.15) is 0 Å². The van der Waals surface area contributed by atoms with Crippen LogP contribution in [0.2, 0.25) is 0 Å². The fourth-order valence-electron chi connectivity index (χ4n) is 3.27. The van der Waals surface area contributed by atoms with Gasteiger partial charge in [0.25, 0.3) is 0 Å². The number of carbonyl (C=O) groups excluding carboxylic acids is 4. The maximum atomic E-state index is 12.3. The first-order valence-electron chi connectivity index (χ1n) is 9.98. The number of aliphatic carboxylic acids is 2. The van der Waals surface area contributed by atoms with Crippen molar-refractivity contribution in [2.45, 2.75) is 37.6 Å². The zero-order chi connectivity index (χ0) is 24.7. The Hall–Kier alpha value is -1.92. The molecule has 0 aromatic rings. The Balaban J connectivity index is 5.01. The Labute approximate surface area is 182 Å². The molecule has 0 aromatic heterocycles. The Morgan fingerprint density at radius 1 is 0.710 bits per heavy atom. The molecule has 0 fully saturated rings. The zero-order valence-electron chi connectivity index (χ0n) is 19.1. The largest absolute Gasteiger partial charge is 0.549 e. The number of quaternary nitrogens is 2. The Kier molecular flexibility index (Phi) is 10.9. The second-order valence-corrected chi connectivity index (χ2v) is 10.0. The minimum Gasteiger partial charge on any atom is -0.549 e. The third-order valence-electron chi connectivity index (χ3n) is 4.60. The molecule has 0 rings (SSSR count). The Bertz CT molecular complexity index is 652. The number of carboxylic acids is 2. The van der Waals surface area contributed by atoms with Crippen LogP contribution in [0.1, 0.15) is 19.3 Å². The van der Waals surface area contributed by atoms with Gasteiger partial charge in [-0.05, 0) is 6.42 Å². The number of aliphatic hydroxyl groups excluding tert-OH is 3. The second kappa shape index (κ2) is 11.6. The van der Waals surface area contributed by atoms with E-state index in [0.29, 0.717) is 0 Å². The minimum absolute atomic E-state index is 0.0249. The lowest BCUT2D eigenvalue weighted by Gasteiger charge is -2.31. The lowest BCUT2D eigenvalue weighted by Crippen LogP contribution is -2.51. The van der Waals surface area contributed by atoms with Crippen LogP contribution in [0.4, 0.5) is 0 Å². The summed E-state index contributed by atoms with van der Waals surface area (Å²) in [5, 5.41) is 52.9. The van der Waals surface area contributed by atoms with Crippen LogP contribution >= 0.6 is 0 Å². The summed E-state index contributed by atoms with van der Waals surface area (Å²) in [5.74, 6) is -8.96. The van der Waals surface area contributed by atoms with E-state index in [4.69, 9.17) is 0 Å². The van der Waals surface area contributed by atoms with Crippen molar-refractivity contribution in [3.8, 4) is 0 Å². The predicted octanol–water partition coefficient (Wildman–Crippen LogP) is -4.48. The highest BCUT2D eigenvalue weighted by atomic mass is 16.4. The first kappa shape index (κ1) is 29.1. The number of likely N-dealkylation sites (N-methyl/N-ethyl adjacent to an activating group) is 2. The molecule has 180 valence electrons. The standard InChI is InChI=1S/C20H36N2O9/c1-21(2,3)10-15(26)17(19(28)29)13(24)8-7-12(23)9-14(25)18(20(30)31)16(27)11-22(4,5)6/h12,15-18,23,26-27H,7-11H2,1-6H3. The molecule has 5 atom stereocenters. The average molecular weight is 449 g/mol. The van der Waals surface area contributed by atoms with Crippen molar-refractivity contribution in [3.63, 3.8) is 0 Å². The number of carboxylic acid groups (broad SMARTS) is 2. The third-order valence-corrected chi connectivity index (χ3v) is 4.60. The summed E-state index contributed by atoms with van der Waals surface area (Å²) in [6.45, 7) is -0.0701. The summed E-state index contributed by atoms with van der Waals surface area (Å²) < 4.78 is 0.394. The van der Waals surface area contributed by atoms with E-state index in [1.54, 1.807) is 42.3 Å². The van der Waals surface area contributed by atoms with Gasteiger partial charge < -0.3 is 44.1 Å². The number of hydrogen-bond donors (Lipinski definition) is 3. The average Bonchev–Trinajstić information content (AvgIpc) is 2.48. The van der Waals surface area contributed by atoms with Crippen LogP contribution in [0.5, 0.6) is 0 Å². The van der Waals surface area contributed by atoms with Gasteiger partial charge in [0.2, 0.25) is 0 Å². The summed E-state index contributed by atoms with van der Waals surface area (Å²) in [6, 6.07) is 0. The molecule has 0 aromatic carbocycles. The van der Waals surface area contributed by atoms with E-state index in [2.05, 4.69) is 0 Å². The Morgan fingerprint density at radius 2 is 1.06 bits per heavy atom. The van der Waals surface area contributed by atoms with E-state index >= 15 is 0 Å². The van der Waals surface area contributed by atoms with Gasteiger partial charge in [-0.25, -0.2) is 0 Å². The highest BCUT2D eigenvalue weighted by Crippen LogP contribution is 2.17. The highest BCUT2D eigenvalue weighted by Gasteiger charge is 2.34. The molecule has 0 aliphatic heterocycles. The predicted molar refractivity (Wildman–Crippen MR) is 105 cm³/mol. The smallest absolute Gasteiger partial charge is 0.146 e. The van der Waals surface area contributed by atoms with Crippen molar-refractivity contribution >= 4 is 23.5 Å². The van der Waals surface area contributed by atoms with Crippen molar-refractivity contribution in [1.29, 1.82) is 0 Å². The molecule has 0 saturated carbocycles. The van der Waals surface area contributed by atoms with Gasteiger partial charge in [0.1, 0.15) is 36.9 Å². The first-order valence-corrected chi connectivity index (χ1v) is 9.98. The fraction of sp³-hybridized carbons (Fsp3) is 0.800. The number of Topliss-reactive ketones (excluding diaryl/α,β-unsaturated/α-hetero) is 2. The summed E-state index contributed by atoms with van der Waals surface area (Å²) in [7, 11) is 10.2. The Morgan fingerprint density at radius 3 is 1.39 bits per heavy atom. The highest BCUT2D eigenvalue weighted by molar-refractivity contribution is 5.99. The molecular formula is C20H36N2O9. The van der Waals surface area contributed by atoms with E-state index < -0.39 is 66.5 Å². The minimum atomic E-state index is -1.84. The summed E-state index contributed by atoms with van der Waals surface area (Å²) in [5.41, 5.74) is 0. The van der Waals surface area contributed by atoms with Crippen LogP contribution in [0, 0.1) is 11.8 Å². The van der Waals surface area contributed by atoms with Gasteiger partial charge in [-0.1, -0.05) is 0 Å². The van der Waals surface area contributed by atoms with E-state index in [-0.39, 0.29) is 28.5 Å². The first-order chi connectivity index (χ1) is 13.9. The number of nitrogens with zero attached hydrogens (tertiary/aromatic N) is 2. The summed E-state index contributed by atoms with van der Waals surface area (Å²) in [6.07, 6.45) is -5.90. The third kappa shape index (κ3) is 11.3.